The highest BCUT2D eigenvalue weighted by Gasteiger charge is 2.33. The third-order valence-corrected chi connectivity index (χ3v) is 4.45. The van der Waals surface area contributed by atoms with Crippen molar-refractivity contribution in [3.8, 4) is 0 Å². The van der Waals surface area contributed by atoms with Crippen LogP contribution in [0.1, 0.15) is 61.2 Å². The molecule has 2 heterocycles. The molecule has 0 radical (unpaired) electrons. The van der Waals surface area contributed by atoms with Gasteiger partial charge in [-0.25, -0.2) is 4.79 Å². The fraction of sp³-hybridized carbons (Fsp3) is 0.474. The Morgan fingerprint density at radius 3 is 2.58 bits per heavy atom. The fourth-order valence-electron chi connectivity index (χ4n) is 3.28. The zero-order valence-corrected chi connectivity index (χ0v) is 14.8. The maximum atomic E-state index is 12.7. The number of carbonyl (C=O) groups is 1. The lowest BCUT2D eigenvalue weighted by molar-refractivity contribution is 0.195. The van der Waals surface area contributed by atoms with E-state index in [1.165, 1.54) is 0 Å². The van der Waals surface area contributed by atoms with Crippen molar-refractivity contribution in [2.75, 3.05) is 11.9 Å². The van der Waals surface area contributed by atoms with E-state index in [2.05, 4.69) is 30.4 Å². The van der Waals surface area contributed by atoms with Crippen LogP contribution < -0.4 is 5.32 Å². The van der Waals surface area contributed by atoms with Crippen molar-refractivity contribution in [3.63, 3.8) is 0 Å². The van der Waals surface area contributed by atoms with Crippen molar-refractivity contribution in [2.45, 2.75) is 52.5 Å². The number of hydrogen-bond acceptors (Lipinski definition) is 3. The first-order valence-electron chi connectivity index (χ1n) is 8.56. The number of rotatable bonds is 3. The number of hydrogen-bond donors (Lipinski definition) is 1. The molecule has 5 nitrogen and oxygen atoms in total. The Kier molecular flexibility index (Phi) is 4.60. The zero-order chi connectivity index (χ0) is 17.3. The van der Waals surface area contributed by atoms with Crippen molar-refractivity contribution in [2.24, 2.45) is 0 Å². The monoisotopic (exact) mass is 327 g/mol. The minimum absolute atomic E-state index is 0.0316. The number of likely N-dealkylation sites (tertiary alicyclic amines) is 1. The van der Waals surface area contributed by atoms with Gasteiger partial charge >= 0.3 is 6.03 Å². The van der Waals surface area contributed by atoms with E-state index in [1.807, 2.05) is 36.9 Å². The summed E-state index contributed by atoms with van der Waals surface area (Å²) in [6.45, 7) is 8.97. The molecule has 3 rings (SSSR count). The maximum absolute atomic E-state index is 12.7. The molecule has 5 heteroatoms. The summed E-state index contributed by atoms with van der Waals surface area (Å²) in [6.07, 6.45) is 1.88. The van der Waals surface area contributed by atoms with Crippen molar-refractivity contribution in [3.05, 3.63) is 46.8 Å². The summed E-state index contributed by atoms with van der Waals surface area (Å²) in [4.78, 5) is 14.6. The van der Waals surface area contributed by atoms with Gasteiger partial charge in [0.05, 0.1) is 11.7 Å². The number of anilines is 1. The average molecular weight is 327 g/mol. The predicted molar refractivity (Wildman–Crippen MR) is 94.2 cm³/mol. The Bertz CT molecular complexity index is 716. The molecule has 0 saturated carbocycles. The van der Waals surface area contributed by atoms with Gasteiger partial charge in [0.25, 0.3) is 0 Å². The highest BCUT2D eigenvalue weighted by atomic mass is 16.5. The fourth-order valence-corrected chi connectivity index (χ4v) is 3.28. The van der Waals surface area contributed by atoms with Crippen LogP contribution in [0.25, 0.3) is 0 Å². The molecule has 0 aliphatic carbocycles. The number of aromatic nitrogens is 1. The molecule has 1 aromatic carbocycles. The van der Waals surface area contributed by atoms with Gasteiger partial charge in [0.2, 0.25) is 0 Å². The van der Waals surface area contributed by atoms with Gasteiger partial charge < -0.3 is 14.7 Å². The van der Waals surface area contributed by atoms with E-state index in [0.717, 1.165) is 47.7 Å². The van der Waals surface area contributed by atoms with E-state index in [1.54, 1.807) is 0 Å². The van der Waals surface area contributed by atoms with Crippen molar-refractivity contribution < 1.29 is 9.32 Å². The molecule has 0 unspecified atom stereocenters. The minimum atomic E-state index is -0.0787. The number of nitrogens with zero attached hydrogens (tertiary/aromatic N) is 2. The summed E-state index contributed by atoms with van der Waals surface area (Å²) in [7, 11) is 0. The topological polar surface area (TPSA) is 58.4 Å². The van der Waals surface area contributed by atoms with Crippen LogP contribution >= 0.6 is 0 Å². The largest absolute Gasteiger partial charge is 0.359 e. The van der Waals surface area contributed by atoms with Gasteiger partial charge in [-0.05, 0) is 55.9 Å². The Labute approximate surface area is 143 Å². The SMILES string of the molecule is Cc1cc(C)cc(NC(=O)N2CCC[C@H]2c2cc(C(C)C)no2)c1. The lowest BCUT2D eigenvalue weighted by atomic mass is 10.1. The van der Waals surface area contributed by atoms with Crippen molar-refractivity contribution in [1.29, 1.82) is 0 Å². The van der Waals surface area contributed by atoms with Gasteiger partial charge in [0, 0.05) is 18.3 Å². The molecule has 24 heavy (non-hydrogen) atoms. The number of carbonyl (C=O) groups excluding carboxylic acids is 1. The van der Waals surface area contributed by atoms with E-state index in [4.69, 9.17) is 4.52 Å². The molecule has 1 atom stereocenters. The zero-order valence-electron chi connectivity index (χ0n) is 14.8. The number of benzene rings is 1. The first kappa shape index (κ1) is 16.6. The van der Waals surface area contributed by atoms with Crippen molar-refractivity contribution >= 4 is 11.7 Å². The molecule has 1 aliphatic rings. The van der Waals surface area contributed by atoms with E-state index in [-0.39, 0.29) is 12.1 Å². The van der Waals surface area contributed by atoms with Gasteiger partial charge in [-0.15, -0.1) is 0 Å². The van der Waals surface area contributed by atoms with E-state index in [9.17, 15) is 4.79 Å². The van der Waals surface area contributed by atoms with Crippen LogP contribution in [0.5, 0.6) is 0 Å². The van der Waals surface area contributed by atoms with Gasteiger partial charge in [-0.3, -0.25) is 0 Å². The van der Waals surface area contributed by atoms with Gasteiger partial charge in [0.1, 0.15) is 0 Å². The number of amides is 2. The van der Waals surface area contributed by atoms with Crippen LogP contribution in [0.15, 0.2) is 28.8 Å². The van der Waals surface area contributed by atoms with E-state index in [0.29, 0.717) is 5.92 Å². The first-order chi connectivity index (χ1) is 11.4. The Morgan fingerprint density at radius 1 is 1.25 bits per heavy atom. The number of nitrogens with one attached hydrogen (secondary N) is 1. The maximum Gasteiger partial charge on any atom is 0.322 e. The molecular weight excluding hydrogens is 302 g/mol. The molecule has 1 aromatic heterocycles. The standard InChI is InChI=1S/C19H25N3O2/c1-12(2)16-11-18(24-21-16)17-6-5-7-22(17)19(23)20-15-9-13(3)8-14(4)10-15/h8-12,17H,5-7H2,1-4H3,(H,20,23)/t17-/m0/s1. The summed E-state index contributed by atoms with van der Waals surface area (Å²) < 4.78 is 5.51. The van der Waals surface area contributed by atoms with Crippen LogP contribution in [0.3, 0.4) is 0 Å². The summed E-state index contributed by atoms with van der Waals surface area (Å²) in [6, 6.07) is 7.94. The first-order valence-corrected chi connectivity index (χ1v) is 8.56. The molecule has 1 saturated heterocycles. The van der Waals surface area contributed by atoms with Crippen LogP contribution in [0.2, 0.25) is 0 Å². The molecule has 0 bridgehead atoms. The van der Waals surface area contributed by atoms with E-state index >= 15 is 0 Å². The number of aryl methyl sites for hydroxylation is 2. The summed E-state index contributed by atoms with van der Waals surface area (Å²) >= 11 is 0. The molecular formula is C19H25N3O2. The van der Waals surface area contributed by atoms with Crippen LogP contribution in [-0.4, -0.2) is 22.6 Å². The lowest BCUT2D eigenvalue weighted by Gasteiger charge is -2.23. The van der Waals surface area contributed by atoms with Crippen molar-refractivity contribution in [1.82, 2.24) is 10.1 Å². The highest BCUT2D eigenvalue weighted by Crippen LogP contribution is 2.33. The lowest BCUT2D eigenvalue weighted by Crippen LogP contribution is -2.34. The minimum Gasteiger partial charge on any atom is -0.359 e. The molecule has 1 fully saturated rings. The Morgan fingerprint density at radius 2 is 1.96 bits per heavy atom. The summed E-state index contributed by atoms with van der Waals surface area (Å²) in [5.74, 6) is 1.10. The quantitative estimate of drug-likeness (QED) is 0.882. The van der Waals surface area contributed by atoms with Gasteiger partial charge in [-0.2, -0.15) is 0 Å². The predicted octanol–water partition coefficient (Wildman–Crippen LogP) is 4.78. The summed E-state index contributed by atoms with van der Waals surface area (Å²) in [5.41, 5.74) is 4.05. The summed E-state index contributed by atoms with van der Waals surface area (Å²) in [5, 5.41) is 7.15. The molecule has 2 amide bonds. The Hall–Kier alpha value is -2.30. The van der Waals surface area contributed by atoms with E-state index < -0.39 is 0 Å². The molecule has 1 aliphatic heterocycles. The van der Waals surface area contributed by atoms with Crippen LogP contribution in [0.4, 0.5) is 10.5 Å². The molecule has 0 spiro atoms. The average Bonchev–Trinajstić information content (AvgIpc) is 3.15. The molecule has 1 N–H and O–H groups in total. The van der Waals surface area contributed by atoms with Gasteiger partial charge in [0.15, 0.2) is 5.76 Å². The van der Waals surface area contributed by atoms with Crippen LogP contribution in [0, 0.1) is 13.8 Å². The van der Waals surface area contributed by atoms with Crippen LogP contribution in [-0.2, 0) is 0 Å². The highest BCUT2D eigenvalue weighted by molar-refractivity contribution is 5.90. The second-order valence-corrected chi connectivity index (χ2v) is 6.97. The normalized spacial score (nSPS) is 17.5. The van der Waals surface area contributed by atoms with Gasteiger partial charge in [-0.1, -0.05) is 25.1 Å². The number of urea groups is 1. The molecule has 2 aromatic rings. The molecule has 128 valence electrons. The third kappa shape index (κ3) is 3.45. The Balaban J connectivity index is 1.75. The second kappa shape index (κ2) is 6.67. The second-order valence-electron chi connectivity index (χ2n) is 6.97. The smallest absolute Gasteiger partial charge is 0.322 e. The third-order valence-electron chi connectivity index (χ3n) is 4.45.